The number of rotatable bonds is 5. The summed E-state index contributed by atoms with van der Waals surface area (Å²) in [5.41, 5.74) is -1.12. The number of aromatic carboxylic acids is 1. The van der Waals surface area contributed by atoms with Crippen LogP contribution in [-0.4, -0.2) is 25.8 Å². The first-order valence-corrected chi connectivity index (χ1v) is 4.38. The Bertz CT molecular complexity index is 428. The topological polar surface area (TPSA) is 122 Å². The van der Waals surface area contributed by atoms with Gasteiger partial charge in [0, 0.05) is 13.0 Å². The molecule has 8 nitrogen and oxygen atoms in total. The van der Waals surface area contributed by atoms with E-state index in [-0.39, 0.29) is 13.0 Å². The summed E-state index contributed by atoms with van der Waals surface area (Å²) in [5.74, 6) is -1.44. The van der Waals surface area contributed by atoms with Crippen LogP contribution in [0.1, 0.15) is 23.3 Å². The third-order valence-corrected chi connectivity index (χ3v) is 1.82. The van der Waals surface area contributed by atoms with E-state index < -0.39 is 22.3 Å². The van der Waals surface area contributed by atoms with E-state index in [2.05, 4.69) is 5.10 Å². The zero-order chi connectivity index (χ0) is 12.1. The van der Waals surface area contributed by atoms with Gasteiger partial charge in [0.1, 0.15) is 6.20 Å². The maximum atomic E-state index is 10.6. The number of carboxylic acids is 1. The fourth-order valence-electron chi connectivity index (χ4n) is 1.13. The van der Waals surface area contributed by atoms with E-state index in [1.165, 1.54) is 4.68 Å². The van der Waals surface area contributed by atoms with Crippen LogP contribution in [0.2, 0.25) is 0 Å². The van der Waals surface area contributed by atoms with E-state index in [0.717, 1.165) is 6.20 Å². The summed E-state index contributed by atoms with van der Waals surface area (Å²) in [6.07, 6.45) is 1.81. The molecular weight excluding hydrogens is 216 g/mol. The first kappa shape index (κ1) is 11.6. The Morgan fingerprint density at radius 3 is 2.88 bits per heavy atom. The minimum atomic E-state index is -1.44. The molecule has 0 aliphatic carbocycles. The number of hydrogen-bond acceptors (Lipinski definition) is 5. The van der Waals surface area contributed by atoms with Gasteiger partial charge < -0.3 is 5.11 Å². The van der Waals surface area contributed by atoms with Crippen LogP contribution in [0.15, 0.2) is 6.20 Å². The molecule has 0 saturated carbocycles. The monoisotopic (exact) mass is 224 g/mol. The van der Waals surface area contributed by atoms with Crippen LogP contribution in [0.3, 0.4) is 0 Å². The Morgan fingerprint density at radius 1 is 1.75 bits per heavy atom. The smallest absolute Gasteiger partial charge is 0.363 e. The van der Waals surface area contributed by atoms with Crippen LogP contribution in [-0.2, 0) is 6.54 Å². The zero-order valence-corrected chi connectivity index (χ0v) is 8.16. The molecule has 1 rings (SSSR count). The molecule has 0 unspecified atom stereocenters. The van der Waals surface area contributed by atoms with Crippen LogP contribution in [0.25, 0.3) is 0 Å². The minimum absolute atomic E-state index is 0.279. The van der Waals surface area contributed by atoms with Crippen molar-refractivity contribution in [1.82, 2.24) is 9.78 Å². The van der Waals surface area contributed by atoms with Crippen LogP contribution >= 0.6 is 0 Å². The van der Waals surface area contributed by atoms with Crippen molar-refractivity contribution in [2.75, 3.05) is 0 Å². The van der Waals surface area contributed by atoms with Gasteiger partial charge in [-0.05, 0) is 6.42 Å². The van der Waals surface area contributed by atoms with Gasteiger partial charge in [-0.25, -0.2) is 4.79 Å². The van der Waals surface area contributed by atoms with E-state index in [0.29, 0.717) is 6.42 Å². The predicted molar refractivity (Wildman–Crippen MR) is 50.7 cm³/mol. The number of carboxylic acid groups (broad SMARTS) is 1. The molecule has 0 fully saturated rings. The number of nitriles is 1. The second-order valence-electron chi connectivity index (χ2n) is 2.95. The molecule has 0 saturated heterocycles. The number of carbonyl (C=O) groups is 1. The van der Waals surface area contributed by atoms with Crippen molar-refractivity contribution >= 4 is 11.7 Å². The lowest BCUT2D eigenvalue weighted by atomic mass is 10.3. The Morgan fingerprint density at radius 2 is 2.44 bits per heavy atom. The van der Waals surface area contributed by atoms with Crippen molar-refractivity contribution in [2.45, 2.75) is 19.4 Å². The van der Waals surface area contributed by atoms with Crippen LogP contribution in [0.4, 0.5) is 5.69 Å². The van der Waals surface area contributed by atoms with Crippen molar-refractivity contribution in [3.05, 3.63) is 22.0 Å². The van der Waals surface area contributed by atoms with E-state index in [9.17, 15) is 14.9 Å². The van der Waals surface area contributed by atoms with E-state index in [1.807, 2.05) is 6.07 Å². The molecule has 0 aromatic carbocycles. The van der Waals surface area contributed by atoms with Crippen LogP contribution in [0, 0.1) is 21.4 Å². The predicted octanol–water partition coefficient (Wildman–Crippen LogP) is 0.793. The van der Waals surface area contributed by atoms with Gasteiger partial charge in [0.15, 0.2) is 0 Å². The van der Waals surface area contributed by atoms with Crippen molar-refractivity contribution in [3.8, 4) is 6.07 Å². The molecule has 1 aromatic rings. The van der Waals surface area contributed by atoms with Gasteiger partial charge in [0.25, 0.3) is 0 Å². The number of nitro groups is 1. The number of unbranched alkanes of at least 4 members (excludes halogenated alkanes) is 1. The third-order valence-electron chi connectivity index (χ3n) is 1.82. The van der Waals surface area contributed by atoms with Gasteiger partial charge in [0.2, 0.25) is 5.69 Å². The number of nitrogens with zero attached hydrogens (tertiary/aromatic N) is 4. The molecule has 0 bridgehead atoms. The summed E-state index contributed by atoms with van der Waals surface area (Å²) in [5, 5.41) is 31.0. The summed E-state index contributed by atoms with van der Waals surface area (Å²) < 4.78 is 1.17. The fraction of sp³-hybridized carbons (Fsp3) is 0.375. The summed E-state index contributed by atoms with van der Waals surface area (Å²) in [6, 6.07) is 1.91. The molecular formula is C8H8N4O4. The van der Waals surface area contributed by atoms with Crippen molar-refractivity contribution < 1.29 is 14.8 Å². The average molecular weight is 224 g/mol. The highest BCUT2D eigenvalue weighted by Gasteiger charge is 2.24. The summed E-state index contributed by atoms with van der Waals surface area (Å²) in [7, 11) is 0. The highest BCUT2D eigenvalue weighted by Crippen LogP contribution is 2.16. The normalized spacial score (nSPS) is 9.69. The minimum Gasteiger partial charge on any atom is -0.476 e. The van der Waals surface area contributed by atoms with Gasteiger partial charge in [-0.3, -0.25) is 14.8 Å². The standard InChI is InChI=1S/C8H8N4O4/c9-3-1-2-4-11-5-6(12(15)16)7(10-11)8(13)14/h5H,1-2,4H2,(H,13,14). The molecule has 1 heterocycles. The Kier molecular flexibility index (Phi) is 3.55. The molecule has 0 aliphatic heterocycles. The number of aromatic nitrogens is 2. The molecule has 0 spiro atoms. The highest BCUT2D eigenvalue weighted by atomic mass is 16.6. The Balaban J connectivity index is 2.89. The molecule has 0 amide bonds. The lowest BCUT2D eigenvalue weighted by Crippen LogP contribution is -2.03. The molecule has 1 N–H and O–H groups in total. The molecule has 16 heavy (non-hydrogen) atoms. The van der Waals surface area contributed by atoms with Gasteiger partial charge in [-0.15, -0.1) is 0 Å². The summed E-state index contributed by atoms with van der Waals surface area (Å²) in [6.45, 7) is 0.279. The molecule has 84 valence electrons. The quantitative estimate of drug-likeness (QED) is 0.448. The Labute approximate surface area is 89.9 Å². The molecule has 0 radical (unpaired) electrons. The lowest BCUT2D eigenvalue weighted by molar-refractivity contribution is -0.385. The Hall–Kier alpha value is -2.43. The SMILES string of the molecule is N#CCCCn1cc([N+](=O)[O-])c(C(=O)O)n1. The number of aryl methyl sites for hydroxylation is 1. The fourth-order valence-corrected chi connectivity index (χ4v) is 1.13. The largest absolute Gasteiger partial charge is 0.476 e. The van der Waals surface area contributed by atoms with Gasteiger partial charge in [0.05, 0.1) is 11.0 Å². The van der Waals surface area contributed by atoms with Crippen molar-refractivity contribution in [2.24, 2.45) is 0 Å². The summed E-state index contributed by atoms with van der Waals surface area (Å²) >= 11 is 0. The van der Waals surface area contributed by atoms with Gasteiger partial charge in [-0.1, -0.05) is 0 Å². The molecule has 0 atom stereocenters. The molecule has 8 heteroatoms. The average Bonchev–Trinajstić information content (AvgIpc) is 2.62. The highest BCUT2D eigenvalue weighted by molar-refractivity contribution is 5.89. The zero-order valence-electron chi connectivity index (χ0n) is 8.16. The number of hydrogen-bond donors (Lipinski definition) is 1. The van der Waals surface area contributed by atoms with Gasteiger partial charge in [-0.2, -0.15) is 10.4 Å². The van der Waals surface area contributed by atoms with Crippen LogP contribution < -0.4 is 0 Å². The van der Waals surface area contributed by atoms with E-state index >= 15 is 0 Å². The summed E-state index contributed by atoms with van der Waals surface area (Å²) in [4.78, 5) is 20.3. The molecule has 0 aliphatic rings. The van der Waals surface area contributed by atoms with Crippen molar-refractivity contribution in [1.29, 1.82) is 5.26 Å². The van der Waals surface area contributed by atoms with E-state index in [4.69, 9.17) is 10.4 Å². The second kappa shape index (κ2) is 4.88. The maximum Gasteiger partial charge on any atom is 0.363 e. The second-order valence-corrected chi connectivity index (χ2v) is 2.95. The maximum absolute atomic E-state index is 10.6. The van der Waals surface area contributed by atoms with E-state index in [1.54, 1.807) is 0 Å². The first-order valence-electron chi connectivity index (χ1n) is 4.38. The first-order chi connectivity index (χ1) is 7.56. The van der Waals surface area contributed by atoms with Crippen LogP contribution in [0.5, 0.6) is 0 Å². The lowest BCUT2D eigenvalue weighted by Gasteiger charge is -1.95. The van der Waals surface area contributed by atoms with Crippen molar-refractivity contribution in [3.63, 3.8) is 0 Å². The third kappa shape index (κ3) is 2.54. The molecule has 1 aromatic heterocycles. The van der Waals surface area contributed by atoms with Gasteiger partial charge >= 0.3 is 11.7 Å².